The number of rotatable bonds is 3. The van der Waals surface area contributed by atoms with Gasteiger partial charge in [0.2, 0.25) is 0 Å². The monoisotopic (exact) mass is 407 g/mol. The molecule has 1 atom stereocenters. The molecule has 0 radical (unpaired) electrons. The van der Waals surface area contributed by atoms with Gasteiger partial charge in [-0.25, -0.2) is 19.4 Å². The summed E-state index contributed by atoms with van der Waals surface area (Å²) in [4.78, 5) is 34.5. The van der Waals surface area contributed by atoms with E-state index in [0.717, 1.165) is 25.7 Å². The fourth-order valence-corrected chi connectivity index (χ4v) is 5.27. The summed E-state index contributed by atoms with van der Waals surface area (Å²) in [5, 5.41) is 22.2. The van der Waals surface area contributed by atoms with Crippen molar-refractivity contribution in [1.82, 2.24) is 24.2 Å². The first-order chi connectivity index (χ1) is 13.3. The number of likely N-dealkylation sites (tertiary alicyclic amines) is 1. The van der Waals surface area contributed by atoms with Gasteiger partial charge in [0.05, 0.1) is 12.1 Å². The maximum Gasteiger partial charge on any atom is 0.407 e. The molecule has 1 spiro atoms. The van der Waals surface area contributed by atoms with Crippen molar-refractivity contribution in [3.8, 4) is 0 Å². The third-order valence-electron chi connectivity index (χ3n) is 6.58. The van der Waals surface area contributed by atoms with Crippen molar-refractivity contribution in [2.75, 3.05) is 19.3 Å². The molecule has 0 aromatic carbocycles. The minimum atomic E-state index is -1.14. The van der Waals surface area contributed by atoms with Crippen LogP contribution >= 0.6 is 11.8 Å². The molecule has 3 heterocycles. The normalized spacial score (nSPS) is 24.3. The predicted octanol–water partition coefficient (Wildman–Crippen LogP) is 1.53. The van der Waals surface area contributed by atoms with Crippen molar-refractivity contribution < 1.29 is 15.0 Å². The Morgan fingerprint density at radius 3 is 2.68 bits per heavy atom. The van der Waals surface area contributed by atoms with Crippen LogP contribution in [0, 0.1) is 5.41 Å². The second-order valence-electron chi connectivity index (χ2n) is 7.95. The largest absolute Gasteiger partial charge is 0.465 e. The van der Waals surface area contributed by atoms with Crippen LogP contribution in [0.3, 0.4) is 0 Å². The minimum Gasteiger partial charge on any atom is -0.465 e. The lowest BCUT2D eigenvalue weighted by atomic mass is 9.66. The van der Waals surface area contributed by atoms with E-state index in [1.54, 1.807) is 11.7 Å². The number of carboxylic acid groups (broad SMARTS) is 1. The Morgan fingerprint density at radius 2 is 2.04 bits per heavy atom. The van der Waals surface area contributed by atoms with E-state index in [9.17, 15) is 19.8 Å². The molecule has 2 N–H and O–H groups in total. The zero-order valence-electron chi connectivity index (χ0n) is 16.1. The summed E-state index contributed by atoms with van der Waals surface area (Å²) in [7, 11) is 1.76. The molecule has 1 aliphatic heterocycles. The first-order valence-corrected chi connectivity index (χ1v) is 10.7. The number of fused-ring (bicyclic) bond motifs is 1. The Labute approximate surface area is 166 Å². The first-order valence-electron chi connectivity index (χ1n) is 9.47. The molecule has 9 nitrogen and oxygen atoms in total. The highest BCUT2D eigenvalue weighted by Gasteiger charge is 2.56. The molecular weight excluding hydrogens is 382 g/mol. The lowest BCUT2D eigenvalue weighted by Crippen LogP contribution is -2.62. The molecule has 1 saturated heterocycles. The van der Waals surface area contributed by atoms with Crippen molar-refractivity contribution in [3.63, 3.8) is 0 Å². The minimum absolute atomic E-state index is 0.126. The number of hydrogen-bond acceptors (Lipinski definition) is 6. The van der Waals surface area contributed by atoms with Gasteiger partial charge < -0.3 is 15.1 Å². The SMILES string of the molecule is CSc1ncc2c(=O)n(CC3(O)CCN(C(=O)O)CC34CCCC4)n(C)c2n1. The number of piperidine rings is 1. The van der Waals surface area contributed by atoms with Crippen LogP contribution in [-0.2, 0) is 13.6 Å². The van der Waals surface area contributed by atoms with Gasteiger partial charge in [-0.1, -0.05) is 24.6 Å². The average Bonchev–Trinajstić information content (AvgIpc) is 3.24. The van der Waals surface area contributed by atoms with Crippen LogP contribution in [0.4, 0.5) is 4.79 Å². The van der Waals surface area contributed by atoms with Gasteiger partial charge in [-0.05, 0) is 25.5 Å². The maximum atomic E-state index is 13.0. The molecule has 10 heteroatoms. The molecule has 0 bridgehead atoms. The first kappa shape index (κ1) is 19.3. The summed E-state index contributed by atoms with van der Waals surface area (Å²) >= 11 is 1.40. The summed E-state index contributed by atoms with van der Waals surface area (Å²) in [6, 6.07) is 0. The van der Waals surface area contributed by atoms with Crippen molar-refractivity contribution in [3.05, 3.63) is 16.6 Å². The van der Waals surface area contributed by atoms with E-state index in [4.69, 9.17) is 0 Å². The predicted molar refractivity (Wildman–Crippen MR) is 105 cm³/mol. The standard InChI is InChI=1S/C18H25N5O4S/c1-21-13-12(9-19-15(20-13)28-2)14(24)23(21)11-18(27)7-8-22(16(25)26)10-17(18)5-3-4-6-17/h9,27H,3-8,10-11H2,1-2H3,(H,25,26). The number of hydrogen-bond donors (Lipinski definition) is 2. The average molecular weight is 407 g/mol. The lowest BCUT2D eigenvalue weighted by molar-refractivity contribution is -0.139. The summed E-state index contributed by atoms with van der Waals surface area (Å²) in [6.07, 6.45) is 6.23. The number of nitrogens with zero attached hydrogens (tertiary/aromatic N) is 5. The number of aromatic nitrogens is 4. The molecule has 2 aromatic heterocycles. The van der Waals surface area contributed by atoms with Gasteiger partial charge in [0.25, 0.3) is 5.56 Å². The van der Waals surface area contributed by atoms with Gasteiger partial charge in [0, 0.05) is 31.7 Å². The van der Waals surface area contributed by atoms with E-state index in [-0.39, 0.29) is 18.6 Å². The highest BCUT2D eigenvalue weighted by atomic mass is 32.2. The van der Waals surface area contributed by atoms with Gasteiger partial charge >= 0.3 is 6.09 Å². The van der Waals surface area contributed by atoms with Gasteiger partial charge in [0.15, 0.2) is 10.8 Å². The van der Waals surface area contributed by atoms with Crippen LogP contribution in [0.15, 0.2) is 16.1 Å². The van der Waals surface area contributed by atoms with E-state index in [1.807, 2.05) is 6.26 Å². The van der Waals surface area contributed by atoms with Crippen molar-refractivity contribution in [2.45, 2.75) is 49.4 Å². The Balaban J connectivity index is 1.75. The highest BCUT2D eigenvalue weighted by molar-refractivity contribution is 7.98. The number of aryl methyl sites for hydroxylation is 1. The Morgan fingerprint density at radius 1 is 1.32 bits per heavy atom. The molecule has 2 aromatic rings. The summed E-state index contributed by atoms with van der Waals surface area (Å²) in [5.41, 5.74) is -1.35. The van der Waals surface area contributed by atoms with E-state index in [1.165, 1.54) is 27.5 Å². The van der Waals surface area contributed by atoms with Crippen LogP contribution in [0.1, 0.15) is 32.1 Å². The van der Waals surface area contributed by atoms with Gasteiger partial charge in [-0.15, -0.1) is 0 Å². The molecule has 2 fully saturated rings. The van der Waals surface area contributed by atoms with Gasteiger partial charge in [-0.3, -0.25) is 9.48 Å². The molecule has 4 rings (SSSR count). The molecule has 1 unspecified atom stereocenters. The summed E-state index contributed by atoms with van der Waals surface area (Å²) in [6.45, 7) is 0.706. The van der Waals surface area contributed by atoms with E-state index in [2.05, 4.69) is 9.97 Å². The number of thioether (sulfide) groups is 1. The Kier molecular flexibility index (Phi) is 4.65. The van der Waals surface area contributed by atoms with Crippen LogP contribution < -0.4 is 5.56 Å². The highest BCUT2D eigenvalue weighted by Crippen LogP contribution is 2.51. The van der Waals surface area contributed by atoms with Crippen LogP contribution in [0.25, 0.3) is 11.0 Å². The maximum absolute atomic E-state index is 13.0. The quantitative estimate of drug-likeness (QED) is 0.586. The van der Waals surface area contributed by atoms with Gasteiger partial charge in [0.1, 0.15) is 5.39 Å². The number of amides is 1. The van der Waals surface area contributed by atoms with Crippen molar-refractivity contribution in [1.29, 1.82) is 0 Å². The van der Waals surface area contributed by atoms with Crippen LogP contribution in [0.2, 0.25) is 0 Å². The molecule has 2 aliphatic rings. The lowest BCUT2D eigenvalue weighted by Gasteiger charge is -2.51. The van der Waals surface area contributed by atoms with E-state index in [0.29, 0.717) is 29.2 Å². The molecule has 28 heavy (non-hydrogen) atoms. The Hall–Kier alpha value is -2.07. The molecule has 1 aliphatic carbocycles. The number of aliphatic hydroxyl groups is 1. The zero-order chi connectivity index (χ0) is 20.1. The molecule has 1 saturated carbocycles. The topological polar surface area (TPSA) is 113 Å². The van der Waals surface area contributed by atoms with Crippen molar-refractivity contribution in [2.24, 2.45) is 12.5 Å². The summed E-state index contributed by atoms with van der Waals surface area (Å²) < 4.78 is 3.21. The zero-order valence-corrected chi connectivity index (χ0v) is 16.9. The third-order valence-corrected chi connectivity index (χ3v) is 7.14. The fraction of sp³-hybridized carbons (Fsp3) is 0.667. The number of carbonyl (C=O) groups is 1. The van der Waals surface area contributed by atoms with Crippen molar-refractivity contribution >= 4 is 28.9 Å². The fourth-order valence-electron chi connectivity index (χ4n) is 4.93. The molecule has 1 amide bonds. The molecular formula is C18H25N5O4S. The second kappa shape index (κ2) is 6.77. The van der Waals surface area contributed by atoms with Crippen LogP contribution in [-0.4, -0.2) is 65.5 Å². The van der Waals surface area contributed by atoms with Crippen LogP contribution in [0.5, 0.6) is 0 Å². The third kappa shape index (κ3) is 2.81. The second-order valence-corrected chi connectivity index (χ2v) is 8.73. The summed E-state index contributed by atoms with van der Waals surface area (Å²) in [5.74, 6) is 0. The molecule has 152 valence electrons. The van der Waals surface area contributed by atoms with E-state index >= 15 is 0 Å². The smallest absolute Gasteiger partial charge is 0.407 e. The Bertz CT molecular complexity index is 980. The van der Waals surface area contributed by atoms with Gasteiger partial charge in [-0.2, -0.15) is 0 Å². The van der Waals surface area contributed by atoms with E-state index < -0.39 is 17.1 Å².